The van der Waals surface area contributed by atoms with Crippen LogP contribution < -0.4 is 0 Å². The van der Waals surface area contributed by atoms with Crippen LogP contribution in [0.25, 0.3) is 0 Å². The van der Waals surface area contributed by atoms with E-state index in [1.165, 1.54) is 38.5 Å². The van der Waals surface area contributed by atoms with Gasteiger partial charge in [-0.05, 0) is 38.6 Å². The van der Waals surface area contributed by atoms with Crippen molar-refractivity contribution in [3.05, 3.63) is 0 Å². The van der Waals surface area contributed by atoms with E-state index >= 15 is 0 Å². The van der Waals surface area contributed by atoms with E-state index in [4.69, 9.17) is 0 Å². The SMILES string of the molecule is CN(CC1CCCC1)C1CCCCCC1C(=O)O. The zero-order valence-electron chi connectivity index (χ0n) is 11.6. The molecule has 2 unspecified atom stereocenters. The van der Waals surface area contributed by atoms with Crippen LogP contribution >= 0.6 is 0 Å². The molecule has 2 atom stereocenters. The predicted molar refractivity (Wildman–Crippen MR) is 72.6 cm³/mol. The Morgan fingerprint density at radius 1 is 1.06 bits per heavy atom. The highest BCUT2D eigenvalue weighted by molar-refractivity contribution is 5.70. The molecular weight excluding hydrogens is 226 g/mol. The van der Waals surface area contributed by atoms with Crippen LogP contribution in [0.15, 0.2) is 0 Å². The summed E-state index contributed by atoms with van der Waals surface area (Å²) in [5.41, 5.74) is 0. The maximum atomic E-state index is 11.4. The molecule has 2 aliphatic rings. The first-order valence-corrected chi connectivity index (χ1v) is 7.61. The van der Waals surface area contributed by atoms with E-state index in [0.717, 1.165) is 31.7 Å². The van der Waals surface area contributed by atoms with E-state index < -0.39 is 5.97 Å². The lowest BCUT2D eigenvalue weighted by Gasteiger charge is -2.33. The van der Waals surface area contributed by atoms with Crippen molar-refractivity contribution in [3.63, 3.8) is 0 Å². The van der Waals surface area contributed by atoms with Gasteiger partial charge in [-0.25, -0.2) is 0 Å². The maximum absolute atomic E-state index is 11.4. The number of carboxylic acid groups (broad SMARTS) is 1. The van der Waals surface area contributed by atoms with Crippen LogP contribution in [-0.4, -0.2) is 35.6 Å². The molecule has 18 heavy (non-hydrogen) atoms. The Morgan fingerprint density at radius 3 is 2.33 bits per heavy atom. The van der Waals surface area contributed by atoms with Gasteiger partial charge >= 0.3 is 5.97 Å². The third kappa shape index (κ3) is 3.47. The number of carbonyl (C=O) groups is 1. The van der Waals surface area contributed by atoms with Gasteiger partial charge < -0.3 is 10.0 Å². The fraction of sp³-hybridized carbons (Fsp3) is 0.933. The molecule has 0 amide bonds. The van der Waals surface area contributed by atoms with Gasteiger partial charge in [0.1, 0.15) is 0 Å². The van der Waals surface area contributed by atoms with Gasteiger partial charge in [0.15, 0.2) is 0 Å². The van der Waals surface area contributed by atoms with E-state index in [0.29, 0.717) is 0 Å². The molecule has 0 aromatic rings. The standard InChI is InChI=1S/C15H27NO2/c1-16(11-12-7-5-6-8-12)14-10-4-2-3-9-13(14)15(17)18/h12-14H,2-11H2,1H3,(H,17,18). The monoisotopic (exact) mass is 253 g/mol. The molecule has 0 saturated heterocycles. The molecule has 0 aliphatic heterocycles. The average molecular weight is 253 g/mol. The van der Waals surface area contributed by atoms with Crippen molar-refractivity contribution in [1.29, 1.82) is 0 Å². The summed E-state index contributed by atoms with van der Waals surface area (Å²) in [5, 5.41) is 9.42. The second kappa shape index (κ2) is 6.55. The minimum Gasteiger partial charge on any atom is -0.481 e. The number of aliphatic carboxylic acids is 1. The van der Waals surface area contributed by atoms with E-state index in [2.05, 4.69) is 11.9 Å². The lowest BCUT2D eigenvalue weighted by atomic mass is 9.93. The van der Waals surface area contributed by atoms with Crippen LogP contribution in [0.3, 0.4) is 0 Å². The lowest BCUT2D eigenvalue weighted by molar-refractivity contribution is -0.144. The zero-order chi connectivity index (χ0) is 13.0. The number of carboxylic acids is 1. The summed E-state index contributed by atoms with van der Waals surface area (Å²) in [5.74, 6) is 0.0896. The van der Waals surface area contributed by atoms with Gasteiger partial charge in [-0.1, -0.05) is 32.1 Å². The molecule has 2 rings (SSSR count). The van der Waals surface area contributed by atoms with Gasteiger partial charge in [0, 0.05) is 12.6 Å². The van der Waals surface area contributed by atoms with Crippen molar-refractivity contribution < 1.29 is 9.90 Å². The summed E-state index contributed by atoms with van der Waals surface area (Å²) >= 11 is 0. The van der Waals surface area contributed by atoms with Gasteiger partial charge in [-0.2, -0.15) is 0 Å². The summed E-state index contributed by atoms with van der Waals surface area (Å²) in [7, 11) is 2.14. The molecule has 2 fully saturated rings. The Bertz CT molecular complexity index is 274. The molecule has 0 heterocycles. The zero-order valence-corrected chi connectivity index (χ0v) is 11.6. The van der Waals surface area contributed by atoms with Gasteiger partial charge in [0.2, 0.25) is 0 Å². The van der Waals surface area contributed by atoms with Gasteiger partial charge in [-0.15, -0.1) is 0 Å². The highest BCUT2D eigenvalue weighted by Gasteiger charge is 2.33. The second-order valence-corrected chi connectivity index (χ2v) is 6.24. The molecule has 0 bridgehead atoms. The Balaban J connectivity index is 1.94. The van der Waals surface area contributed by atoms with Crippen LogP contribution in [0.1, 0.15) is 57.8 Å². The van der Waals surface area contributed by atoms with Gasteiger partial charge in [0.05, 0.1) is 5.92 Å². The minimum absolute atomic E-state index is 0.140. The summed E-state index contributed by atoms with van der Waals surface area (Å²) in [6.45, 7) is 1.11. The van der Waals surface area contributed by atoms with Crippen molar-refractivity contribution in [2.45, 2.75) is 63.8 Å². The molecule has 104 valence electrons. The number of nitrogens with zero attached hydrogens (tertiary/aromatic N) is 1. The van der Waals surface area contributed by atoms with Crippen LogP contribution in [0.2, 0.25) is 0 Å². The van der Waals surface area contributed by atoms with E-state index in [9.17, 15) is 9.90 Å². The smallest absolute Gasteiger partial charge is 0.308 e. The van der Waals surface area contributed by atoms with Gasteiger partial charge in [0.25, 0.3) is 0 Å². The summed E-state index contributed by atoms with van der Waals surface area (Å²) in [6, 6.07) is 0.269. The second-order valence-electron chi connectivity index (χ2n) is 6.24. The number of hydrogen-bond donors (Lipinski definition) is 1. The van der Waals surface area contributed by atoms with Crippen LogP contribution in [-0.2, 0) is 4.79 Å². The maximum Gasteiger partial charge on any atom is 0.308 e. The summed E-state index contributed by atoms with van der Waals surface area (Å²) in [4.78, 5) is 13.8. The summed E-state index contributed by atoms with van der Waals surface area (Å²) in [6.07, 6.45) is 10.8. The molecule has 3 nitrogen and oxygen atoms in total. The largest absolute Gasteiger partial charge is 0.481 e. The quantitative estimate of drug-likeness (QED) is 0.782. The van der Waals surface area contributed by atoms with Crippen molar-refractivity contribution in [2.75, 3.05) is 13.6 Å². The molecule has 0 spiro atoms. The number of hydrogen-bond acceptors (Lipinski definition) is 2. The first-order chi connectivity index (χ1) is 8.68. The Kier molecular flexibility index (Phi) is 5.04. The van der Waals surface area contributed by atoms with Crippen molar-refractivity contribution in [1.82, 2.24) is 4.90 Å². The average Bonchev–Trinajstić information content (AvgIpc) is 2.70. The Labute approximate surface area is 111 Å². The first-order valence-electron chi connectivity index (χ1n) is 7.61. The van der Waals surface area contributed by atoms with Gasteiger partial charge in [-0.3, -0.25) is 4.79 Å². The van der Waals surface area contributed by atoms with Crippen molar-refractivity contribution in [2.24, 2.45) is 11.8 Å². The van der Waals surface area contributed by atoms with E-state index in [1.807, 2.05) is 0 Å². The van der Waals surface area contributed by atoms with E-state index in [1.54, 1.807) is 0 Å². The van der Waals surface area contributed by atoms with Crippen LogP contribution in [0, 0.1) is 11.8 Å². The highest BCUT2D eigenvalue weighted by atomic mass is 16.4. The predicted octanol–water partition coefficient (Wildman–Crippen LogP) is 3.14. The highest BCUT2D eigenvalue weighted by Crippen LogP contribution is 2.30. The minimum atomic E-state index is -0.583. The molecule has 2 saturated carbocycles. The Morgan fingerprint density at radius 2 is 1.67 bits per heavy atom. The van der Waals surface area contributed by atoms with Crippen LogP contribution in [0.5, 0.6) is 0 Å². The molecule has 0 aromatic heterocycles. The third-order valence-corrected chi connectivity index (χ3v) is 4.88. The first kappa shape index (κ1) is 13.9. The summed E-state index contributed by atoms with van der Waals surface area (Å²) < 4.78 is 0. The normalized spacial score (nSPS) is 30.6. The fourth-order valence-electron chi connectivity index (χ4n) is 3.84. The topological polar surface area (TPSA) is 40.5 Å². The molecular formula is C15H27NO2. The van der Waals surface area contributed by atoms with Crippen molar-refractivity contribution >= 4 is 5.97 Å². The lowest BCUT2D eigenvalue weighted by Crippen LogP contribution is -2.42. The third-order valence-electron chi connectivity index (χ3n) is 4.88. The molecule has 3 heteroatoms. The molecule has 1 N–H and O–H groups in total. The number of rotatable bonds is 4. The molecule has 0 aromatic carbocycles. The molecule has 0 radical (unpaired) electrons. The van der Waals surface area contributed by atoms with Crippen molar-refractivity contribution in [3.8, 4) is 0 Å². The Hall–Kier alpha value is -0.570. The van der Waals surface area contributed by atoms with Crippen LogP contribution in [0.4, 0.5) is 0 Å². The fourth-order valence-corrected chi connectivity index (χ4v) is 3.84. The molecule has 2 aliphatic carbocycles. The van der Waals surface area contributed by atoms with E-state index in [-0.39, 0.29) is 12.0 Å².